The van der Waals surface area contributed by atoms with E-state index in [0.29, 0.717) is 17.7 Å². The van der Waals surface area contributed by atoms with Gasteiger partial charge in [0.15, 0.2) is 0 Å². The van der Waals surface area contributed by atoms with Crippen molar-refractivity contribution < 1.29 is 0 Å². The van der Waals surface area contributed by atoms with Gasteiger partial charge in [0.25, 0.3) is 0 Å². The van der Waals surface area contributed by atoms with Gasteiger partial charge in [-0.15, -0.1) is 11.6 Å². The number of halogens is 1. The van der Waals surface area contributed by atoms with Crippen molar-refractivity contribution in [2.24, 2.45) is 0 Å². The van der Waals surface area contributed by atoms with E-state index in [-0.39, 0.29) is 0 Å². The van der Waals surface area contributed by atoms with Crippen LogP contribution in [0.3, 0.4) is 0 Å². The van der Waals surface area contributed by atoms with Gasteiger partial charge in [0.1, 0.15) is 0 Å². The molecule has 2 aromatic carbocycles. The molecule has 0 bridgehead atoms. The van der Waals surface area contributed by atoms with Crippen molar-refractivity contribution in [3.8, 4) is 0 Å². The van der Waals surface area contributed by atoms with Crippen molar-refractivity contribution in [2.45, 2.75) is 39.0 Å². The summed E-state index contributed by atoms with van der Waals surface area (Å²) in [5, 5.41) is 0. The van der Waals surface area contributed by atoms with E-state index in [0.717, 1.165) is 6.42 Å². The third kappa shape index (κ3) is 3.86. The Balaban J connectivity index is 2.14. The van der Waals surface area contributed by atoms with Crippen LogP contribution in [-0.4, -0.2) is 5.88 Å². The van der Waals surface area contributed by atoms with Crippen molar-refractivity contribution in [2.75, 3.05) is 5.88 Å². The predicted molar refractivity (Wildman–Crippen MR) is 88.9 cm³/mol. The molecule has 0 spiro atoms. The topological polar surface area (TPSA) is 0 Å². The van der Waals surface area contributed by atoms with E-state index >= 15 is 0 Å². The minimum Gasteiger partial charge on any atom is -0.126 e. The van der Waals surface area contributed by atoms with E-state index in [9.17, 15) is 0 Å². The van der Waals surface area contributed by atoms with Crippen LogP contribution in [-0.2, 0) is 6.42 Å². The van der Waals surface area contributed by atoms with E-state index in [1.165, 1.54) is 22.3 Å². The molecule has 0 amide bonds. The van der Waals surface area contributed by atoms with E-state index in [1.54, 1.807) is 0 Å². The number of rotatable bonds is 5. The molecule has 0 saturated carbocycles. The molecule has 0 saturated heterocycles. The molecule has 0 fully saturated rings. The molecule has 0 aliphatic rings. The molecule has 106 valence electrons. The van der Waals surface area contributed by atoms with E-state index < -0.39 is 0 Å². The third-order valence-corrected chi connectivity index (χ3v) is 4.20. The van der Waals surface area contributed by atoms with Gasteiger partial charge < -0.3 is 0 Å². The van der Waals surface area contributed by atoms with Crippen molar-refractivity contribution in [3.05, 3.63) is 70.8 Å². The largest absolute Gasteiger partial charge is 0.126 e. The normalized spacial score (nSPS) is 12.7. The van der Waals surface area contributed by atoms with Gasteiger partial charge in [-0.2, -0.15) is 0 Å². The third-order valence-electron chi connectivity index (χ3n) is 3.83. The van der Waals surface area contributed by atoms with Crippen molar-refractivity contribution in [1.29, 1.82) is 0 Å². The SMILES string of the molecule is Cc1cccc(C(CCl)Cc2ccc(C(C)C)cc2)c1. The molecule has 1 heteroatoms. The van der Waals surface area contributed by atoms with Gasteiger partial charge in [0.2, 0.25) is 0 Å². The molecule has 0 aromatic heterocycles. The predicted octanol–water partition coefficient (Wildman–Crippen LogP) is 5.68. The van der Waals surface area contributed by atoms with Crippen molar-refractivity contribution in [3.63, 3.8) is 0 Å². The number of hydrogen-bond donors (Lipinski definition) is 0. The summed E-state index contributed by atoms with van der Waals surface area (Å²) in [6.45, 7) is 6.58. The maximum absolute atomic E-state index is 6.19. The van der Waals surface area contributed by atoms with Crippen LogP contribution < -0.4 is 0 Å². The lowest BCUT2D eigenvalue weighted by atomic mass is 9.91. The zero-order valence-electron chi connectivity index (χ0n) is 12.6. The second-order valence-corrected chi connectivity index (χ2v) is 6.17. The monoisotopic (exact) mass is 286 g/mol. The molecule has 0 N–H and O–H groups in total. The Hall–Kier alpha value is -1.27. The van der Waals surface area contributed by atoms with E-state index in [2.05, 4.69) is 69.3 Å². The molecule has 0 aliphatic carbocycles. The van der Waals surface area contributed by atoms with Crippen LogP contribution in [0.5, 0.6) is 0 Å². The van der Waals surface area contributed by atoms with Gasteiger partial charge in [-0.05, 0) is 36.0 Å². The molecule has 0 aliphatic heterocycles. The van der Waals surface area contributed by atoms with Gasteiger partial charge in [-0.25, -0.2) is 0 Å². The first-order valence-electron chi connectivity index (χ1n) is 7.31. The highest BCUT2D eigenvalue weighted by Gasteiger charge is 2.11. The Morgan fingerprint density at radius 1 is 0.950 bits per heavy atom. The van der Waals surface area contributed by atoms with Crippen LogP contribution in [0.15, 0.2) is 48.5 Å². The van der Waals surface area contributed by atoms with Gasteiger partial charge in [-0.3, -0.25) is 0 Å². The number of hydrogen-bond acceptors (Lipinski definition) is 0. The molecule has 0 nitrogen and oxygen atoms in total. The molecular weight excluding hydrogens is 264 g/mol. The van der Waals surface area contributed by atoms with Gasteiger partial charge >= 0.3 is 0 Å². The van der Waals surface area contributed by atoms with Gasteiger partial charge in [0.05, 0.1) is 0 Å². The van der Waals surface area contributed by atoms with Crippen LogP contribution in [0.1, 0.15) is 47.9 Å². The average molecular weight is 287 g/mol. The first-order chi connectivity index (χ1) is 9.60. The zero-order valence-corrected chi connectivity index (χ0v) is 13.3. The molecule has 0 radical (unpaired) electrons. The lowest BCUT2D eigenvalue weighted by molar-refractivity contribution is 0.763. The van der Waals surface area contributed by atoms with Crippen molar-refractivity contribution >= 4 is 11.6 Å². The minimum atomic E-state index is 0.390. The Labute approximate surface area is 127 Å². The van der Waals surface area contributed by atoms with Crippen LogP contribution >= 0.6 is 11.6 Å². The number of benzene rings is 2. The van der Waals surface area contributed by atoms with Gasteiger partial charge in [-0.1, -0.05) is 67.9 Å². The summed E-state index contributed by atoms with van der Waals surface area (Å²) >= 11 is 6.19. The Kier molecular flexibility index (Phi) is 5.25. The maximum atomic E-state index is 6.19. The summed E-state index contributed by atoms with van der Waals surface area (Å²) in [7, 11) is 0. The molecule has 2 aromatic rings. The number of aryl methyl sites for hydroxylation is 1. The molecule has 1 atom stereocenters. The van der Waals surface area contributed by atoms with Crippen LogP contribution in [0.2, 0.25) is 0 Å². The quantitative estimate of drug-likeness (QED) is 0.620. The van der Waals surface area contributed by atoms with Gasteiger partial charge in [0, 0.05) is 11.8 Å². The number of alkyl halides is 1. The molecule has 0 heterocycles. The van der Waals surface area contributed by atoms with E-state index in [4.69, 9.17) is 11.6 Å². The fraction of sp³-hybridized carbons (Fsp3) is 0.368. The summed E-state index contributed by atoms with van der Waals surface area (Å²) in [6.07, 6.45) is 1.01. The lowest BCUT2D eigenvalue weighted by Gasteiger charge is -2.16. The second kappa shape index (κ2) is 6.95. The zero-order chi connectivity index (χ0) is 14.5. The smallest absolute Gasteiger partial charge is 0.0295 e. The lowest BCUT2D eigenvalue weighted by Crippen LogP contribution is -2.05. The van der Waals surface area contributed by atoms with E-state index in [1.807, 2.05) is 0 Å². The summed E-state index contributed by atoms with van der Waals surface area (Å²) in [5.41, 5.74) is 5.40. The fourth-order valence-electron chi connectivity index (χ4n) is 2.51. The summed E-state index contributed by atoms with van der Waals surface area (Å²) in [6, 6.07) is 17.6. The summed E-state index contributed by atoms with van der Waals surface area (Å²) in [4.78, 5) is 0. The highest BCUT2D eigenvalue weighted by molar-refractivity contribution is 6.18. The van der Waals surface area contributed by atoms with Crippen molar-refractivity contribution in [1.82, 2.24) is 0 Å². The second-order valence-electron chi connectivity index (χ2n) is 5.87. The first kappa shape index (κ1) is 15.1. The Morgan fingerprint density at radius 2 is 1.65 bits per heavy atom. The maximum Gasteiger partial charge on any atom is 0.0295 e. The van der Waals surface area contributed by atoms with Crippen LogP contribution in [0.25, 0.3) is 0 Å². The Morgan fingerprint density at radius 3 is 2.20 bits per heavy atom. The summed E-state index contributed by atoms with van der Waals surface area (Å²) in [5.74, 6) is 1.64. The molecule has 20 heavy (non-hydrogen) atoms. The molecule has 1 unspecified atom stereocenters. The average Bonchev–Trinajstić information content (AvgIpc) is 2.45. The first-order valence-corrected chi connectivity index (χ1v) is 7.85. The minimum absolute atomic E-state index is 0.390. The van der Waals surface area contributed by atoms with Crippen LogP contribution in [0.4, 0.5) is 0 Å². The highest BCUT2D eigenvalue weighted by atomic mass is 35.5. The standard InChI is InChI=1S/C19H23Cl/c1-14(2)17-9-7-16(8-10-17)12-19(13-20)18-6-4-5-15(3)11-18/h4-11,14,19H,12-13H2,1-3H3. The molecule has 2 rings (SSSR count). The fourth-order valence-corrected chi connectivity index (χ4v) is 2.80. The molecular formula is C19H23Cl. The highest BCUT2D eigenvalue weighted by Crippen LogP contribution is 2.24. The summed E-state index contributed by atoms with van der Waals surface area (Å²) < 4.78 is 0. The van der Waals surface area contributed by atoms with Crippen LogP contribution in [0, 0.1) is 6.92 Å². The Bertz CT molecular complexity index is 540.